The Bertz CT molecular complexity index is 1540. The highest BCUT2D eigenvalue weighted by molar-refractivity contribution is 6.32. The predicted molar refractivity (Wildman–Crippen MR) is 161 cm³/mol. The Morgan fingerprint density at radius 2 is 1.78 bits per heavy atom. The van der Waals surface area contributed by atoms with Crippen LogP contribution in [-0.4, -0.2) is 70.3 Å². The number of tetrazole rings is 1. The van der Waals surface area contributed by atoms with E-state index in [2.05, 4.69) is 37.4 Å². The van der Waals surface area contributed by atoms with Crippen LogP contribution in [0.5, 0.6) is 0 Å². The summed E-state index contributed by atoms with van der Waals surface area (Å²) >= 11 is 6.47. The number of esters is 2. The van der Waals surface area contributed by atoms with Crippen LogP contribution in [-0.2, 0) is 32.1 Å². The van der Waals surface area contributed by atoms with Gasteiger partial charge in [-0.15, -0.1) is 10.2 Å². The van der Waals surface area contributed by atoms with Crippen molar-refractivity contribution in [1.82, 2.24) is 35.6 Å². The first-order valence-electron chi connectivity index (χ1n) is 14.6. The molecule has 45 heavy (non-hydrogen) atoms. The van der Waals surface area contributed by atoms with Gasteiger partial charge in [-0.25, -0.2) is 14.6 Å². The number of H-pyrrole nitrogens is 1. The van der Waals surface area contributed by atoms with E-state index in [0.717, 1.165) is 35.1 Å². The fraction of sp³-hybridized carbons (Fsp3) is 0.400. The maximum absolute atomic E-state index is 13.3. The number of hydrogen-bond acceptors (Lipinski definition) is 12. The van der Waals surface area contributed by atoms with Crippen molar-refractivity contribution in [3.05, 3.63) is 70.8 Å². The summed E-state index contributed by atoms with van der Waals surface area (Å²) in [6.45, 7) is 5.42. The molecule has 2 unspecified atom stereocenters. The van der Waals surface area contributed by atoms with Gasteiger partial charge in [0, 0.05) is 31.9 Å². The van der Waals surface area contributed by atoms with Gasteiger partial charge in [-0.2, -0.15) is 5.21 Å². The third kappa shape index (κ3) is 9.39. The van der Waals surface area contributed by atoms with Crippen molar-refractivity contribution in [2.24, 2.45) is 0 Å². The van der Waals surface area contributed by atoms with Gasteiger partial charge in [0.25, 0.3) is 0 Å². The van der Waals surface area contributed by atoms with Crippen LogP contribution in [0.2, 0.25) is 5.15 Å². The zero-order valence-electron chi connectivity index (χ0n) is 25.2. The number of carbonyl (C=O) groups is 2. The first-order valence-corrected chi connectivity index (χ1v) is 15.0. The summed E-state index contributed by atoms with van der Waals surface area (Å²) in [6.07, 6.45) is 1.41. The van der Waals surface area contributed by atoms with Crippen LogP contribution in [0.1, 0.15) is 74.8 Å². The second-order valence-corrected chi connectivity index (χ2v) is 10.7. The highest BCUT2D eigenvalue weighted by Crippen LogP contribution is 2.30. The lowest BCUT2D eigenvalue weighted by Crippen LogP contribution is -2.24. The number of rotatable bonds is 16. The van der Waals surface area contributed by atoms with Crippen molar-refractivity contribution in [2.45, 2.75) is 78.2 Å². The number of carbonyl (C=O) groups excluding carboxylic acids is 2. The lowest BCUT2D eigenvalue weighted by atomic mass is 9.98. The summed E-state index contributed by atoms with van der Waals surface area (Å²) < 4.78 is 12.4. The number of aromatic amines is 1. The molecule has 0 bridgehead atoms. The highest BCUT2D eigenvalue weighted by atomic mass is 35.5. The summed E-state index contributed by atoms with van der Waals surface area (Å²) in [7, 11) is 0. The van der Waals surface area contributed by atoms with E-state index in [9.17, 15) is 9.59 Å². The number of benzene rings is 2. The lowest BCUT2D eigenvalue weighted by Gasteiger charge is -2.17. The molecule has 2 atom stereocenters. The number of aryl methyl sites for hydroxylation is 1. The SMILES string of the molecule is CCCCc1nc(Cl)c(C(=O)OC(C)OC(=O)CCCC(C)ON(O)O)n1Cc1ccc(-c2ccccc2-c2nn[nH]n2)cc1. The van der Waals surface area contributed by atoms with Gasteiger partial charge in [-0.3, -0.25) is 15.2 Å². The van der Waals surface area contributed by atoms with Crippen LogP contribution in [0.4, 0.5) is 0 Å². The summed E-state index contributed by atoms with van der Waals surface area (Å²) in [5, 5.41) is 31.4. The third-order valence-corrected chi connectivity index (χ3v) is 7.17. The quantitative estimate of drug-likeness (QED) is 0.0808. The minimum atomic E-state index is -1.18. The van der Waals surface area contributed by atoms with E-state index in [1.54, 1.807) is 11.5 Å². The predicted octanol–water partition coefficient (Wildman–Crippen LogP) is 5.39. The average Bonchev–Trinajstić information content (AvgIpc) is 3.64. The number of halogens is 1. The molecule has 0 aliphatic rings. The van der Waals surface area contributed by atoms with Crippen molar-refractivity contribution >= 4 is 23.5 Å². The lowest BCUT2D eigenvalue weighted by molar-refractivity contribution is -0.503. The molecule has 0 saturated heterocycles. The fourth-order valence-corrected chi connectivity index (χ4v) is 5.03. The van der Waals surface area contributed by atoms with Crippen molar-refractivity contribution in [3.63, 3.8) is 0 Å². The van der Waals surface area contributed by atoms with Crippen molar-refractivity contribution < 1.29 is 34.3 Å². The van der Waals surface area contributed by atoms with Crippen LogP contribution in [0.25, 0.3) is 22.5 Å². The molecular formula is C30H36ClN7O7. The number of imidazole rings is 1. The largest absolute Gasteiger partial charge is 0.425 e. The Hall–Kier alpha value is -4.21. The van der Waals surface area contributed by atoms with Gasteiger partial charge in [0.1, 0.15) is 5.82 Å². The minimum absolute atomic E-state index is 0.00564. The first kappa shape index (κ1) is 33.7. The van der Waals surface area contributed by atoms with Crippen molar-refractivity contribution in [1.29, 1.82) is 0 Å². The van der Waals surface area contributed by atoms with E-state index in [-0.39, 0.29) is 22.7 Å². The van der Waals surface area contributed by atoms with Crippen molar-refractivity contribution in [2.75, 3.05) is 0 Å². The molecule has 15 heteroatoms. The Kier molecular flexibility index (Phi) is 12.1. The molecule has 0 saturated carbocycles. The van der Waals surface area contributed by atoms with Crippen LogP contribution in [0.15, 0.2) is 48.5 Å². The van der Waals surface area contributed by atoms with Crippen LogP contribution >= 0.6 is 11.6 Å². The molecule has 0 aliphatic carbocycles. The molecule has 0 spiro atoms. The van der Waals surface area contributed by atoms with Gasteiger partial charge in [-0.05, 0) is 48.1 Å². The van der Waals surface area contributed by atoms with E-state index in [0.29, 0.717) is 37.5 Å². The maximum atomic E-state index is 13.3. The molecule has 0 radical (unpaired) electrons. The van der Waals surface area contributed by atoms with Gasteiger partial charge in [0.2, 0.25) is 12.1 Å². The number of unbranched alkanes of at least 4 members (excludes halogenated alkanes) is 1. The molecule has 0 aliphatic heterocycles. The smallest absolute Gasteiger partial charge is 0.361 e. The zero-order valence-corrected chi connectivity index (χ0v) is 26.0. The molecule has 3 N–H and O–H groups in total. The Morgan fingerprint density at radius 1 is 1.04 bits per heavy atom. The second-order valence-electron chi connectivity index (χ2n) is 10.4. The molecule has 14 nitrogen and oxygen atoms in total. The van der Waals surface area contributed by atoms with Crippen LogP contribution in [0, 0.1) is 0 Å². The van der Waals surface area contributed by atoms with Crippen molar-refractivity contribution in [3.8, 4) is 22.5 Å². The van der Waals surface area contributed by atoms with Crippen LogP contribution in [0.3, 0.4) is 0 Å². The van der Waals surface area contributed by atoms with Gasteiger partial charge in [0.15, 0.2) is 10.8 Å². The molecular weight excluding hydrogens is 606 g/mol. The Balaban J connectivity index is 1.46. The topological polar surface area (TPSA) is 178 Å². The summed E-state index contributed by atoms with van der Waals surface area (Å²) in [6, 6.07) is 15.6. The van der Waals surface area contributed by atoms with Gasteiger partial charge >= 0.3 is 11.9 Å². The average molecular weight is 642 g/mol. The molecule has 4 rings (SSSR count). The summed E-state index contributed by atoms with van der Waals surface area (Å²) in [5.41, 5.74) is 3.71. The summed E-state index contributed by atoms with van der Waals surface area (Å²) in [4.78, 5) is 34.7. The molecule has 4 aromatic rings. The Labute approximate surface area is 264 Å². The van der Waals surface area contributed by atoms with E-state index >= 15 is 0 Å². The molecule has 2 aromatic heterocycles. The van der Waals surface area contributed by atoms with Gasteiger partial charge in [-0.1, -0.05) is 73.5 Å². The molecule has 2 aromatic carbocycles. The molecule has 2 heterocycles. The summed E-state index contributed by atoms with van der Waals surface area (Å²) in [5.74, 6) is -0.218. The number of ether oxygens (including phenoxy) is 2. The van der Waals surface area contributed by atoms with Gasteiger partial charge in [0.05, 0.1) is 11.5 Å². The normalized spacial score (nSPS) is 12.7. The van der Waals surface area contributed by atoms with Crippen LogP contribution < -0.4 is 0 Å². The molecule has 0 amide bonds. The minimum Gasteiger partial charge on any atom is -0.425 e. The third-order valence-electron chi connectivity index (χ3n) is 6.91. The second kappa shape index (κ2) is 16.2. The van der Waals surface area contributed by atoms with E-state index < -0.39 is 24.3 Å². The van der Waals surface area contributed by atoms with E-state index in [4.69, 9.17) is 31.5 Å². The number of nitrogens with one attached hydrogen (secondary N) is 1. The molecule has 240 valence electrons. The number of hydrogen-bond donors (Lipinski definition) is 3. The first-order chi connectivity index (χ1) is 21.7. The maximum Gasteiger partial charge on any atom is 0.361 e. The fourth-order valence-electron chi connectivity index (χ4n) is 4.76. The highest BCUT2D eigenvalue weighted by Gasteiger charge is 2.26. The van der Waals surface area contributed by atoms with Gasteiger partial charge < -0.3 is 14.0 Å². The number of nitrogens with zero attached hydrogens (tertiary/aromatic N) is 6. The number of aromatic nitrogens is 6. The monoisotopic (exact) mass is 641 g/mol. The standard InChI is InChI=1S/C30H36ClN7O7/c1-4-5-12-25-32-28(31)27(30(40)44-20(3)43-26(39)13-8-9-19(2)45-38(41)42)37(25)18-21-14-16-22(17-15-21)23-10-6-7-11-24(23)29-33-35-36-34-29/h6-7,10-11,14-17,19-20,41-42H,4-5,8-9,12-13,18H2,1-3H3,(H,33,34,35,36). The zero-order chi connectivity index (χ0) is 32.3. The van der Waals surface area contributed by atoms with E-state index in [1.807, 2.05) is 48.5 Å². The Morgan fingerprint density at radius 3 is 2.44 bits per heavy atom. The van der Waals surface area contributed by atoms with E-state index in [1.165, 1.54) is 6.92 Å². The molecule has 0 fully saturated rings.